The van der Waals surface area contributed by atoms with E-state index >= 15 is 0 Å². The second-order valence-electron chi connectivity index (χ2n) is 5.41. The molecule has 2 nitrogen and oxygen atoms in total. The van der Waals surface area contributed by atoms with Crippen LogP contribution in [0.1, 0.15) is 84.0 Å². The predicted octanol–water partition coefficient (Wildman–Crippen LogP) is 5.88. The summed E-state index contributed by atoms with van der Waals surface area (Å²) in [4.78, 5) is 10.3. The van der Waals surface area contributed by atoms with Crippen LogP contribution in [-0.2, 0) is 4.79 Å². The zero-order valence-electron chi connectivity index (χ0n) is 13.2. The van der Waals surface area contributed by atoms with E-state index in [1.807, 2.05) is 0 Å². The van der Waals surface area contributed by atoms with Gasteiger partial charge >= 0.3 is 5.97 Å². The van der Waals surface area contributed by atoms with Crippen molar-refractivity contribution in [1.82, 2.24) is 0 Å². The number of allylic oxidation sites excluding steroid dienone is 4. The van der Waals surface area contributed by atoms with E-state index in [1.165, 1.54) is 44.9 Å². The summed E-state index contributed by atoms with van der Waals surface area (Å²) < 4.78 is 0. The maximum atomic E-state index is 10.3. The Morgan fingerprint density at radius 2 is 1.30 bits per heavy atom. The molecule has 0 fully saturated rings. The van der Waals surface area contributed by atoms with Gasteiger partial charge in [-0.3, -0.25) is 4.79 Å². The first-order valence-electron chi connectivity index (χ1n) is 8.30. The summed E-state index contributed by atoms with van der Waals surface area (Å²) in [6, 6.07) is 0. The molecule has 0 rings (SSSR count). The lowest BCUT2D eigenvalue weighted by Gasteiger charge is -1.97. The Morgan fingerprint density at radius 1 is 0.800 bits per heavy atom. The molecule has 116 valence electrons. The lowest BCUT2D eigenvalue weighted by atomic mass is 10.1. The standard InChI is InChI=1S/C18H32O2/c1-2-3-4-5-6-7-8-9-10-11-12-13-14-15-16-17-18(19)20/h7-10H,2-6,11-17H2,1H3,(H,19,20)/b8-7+,10-9?. The summed E-state index contributed by atoms with van der Waals surface area (Å²) in [5.74, 6) is -0.672. The zero-order chi connectivity index (χ0) is 14.9. The molecule has 0 aliphatic heterocycles. The summed E-state index contributed by atoms with van der Waals surface area (Å²) in [5.41, 5.74) is 0. The van der Waals surface area contributed by atoms with Crippen LogP contribution in [-0.4, -0.2) is 11.1 Å². The summed E-state index contributed by atoms with van der Waals surface area (Å²) >= 11 is 0. The van der Waals surface area contributed by atoms with E-state index in [0.717, 1.165) is 25.7 Å². The SMILES string of the molecule is CCCCCC/C=C/C=CCCCCCCCC(=O)O. The molecule has 0 aliphatic rings. The highest BCUT2D eigenvalue weighted by atomic mass is 16.4. The van der Waals surface area contributed by atoms with Crippen LogP contribution in [0.25, 0.3) is 0 Å². The fourth-order valence-corrected chi connectivity index (χ4v) is 2.11. The molecule has 0 heterocycles. The molecule has 0 radical (unpaired) electrons. The van der Waals surface area contributed by atoms with Crippen LogP contribution in [0.2, 0.25) is 0 Å². The largest absolute Gasteiger partial charge is 0.481 e. The molecule has 0 unspecified atom stereocenters. The van der Waals surface area contributed by atoms with Gasteiger partial charge in [-0.25, -0.2) is 0 Å². The van der Waals surface area contributed by atoms with Crippen LogP contribution in [0.3, 0.4) is 0 Å². The first kappa shape index (κ1) is 18.9. The first-order chi connectivity index (χ1) is 9.77. The molecule has 0 atom stereocenters. The first-order valence-corrected chi connectivity index (χ1v) is 8.30. The van der Waals surface area contributed by atoms with Gasteiger partial charge in [0.1, 0.15) is 0 Å². The van der Waals surface area contributed by atoms with Crippen molar-refractivity contribution in [2.45, 2.75) is 84.0 Å². The maximum absolute atomic E-state index is 10.3. The van der Waals surface area contributed by atoms with Crippen LogP contribution < -0.4 is 0 Å². The van der Waals surface area contributed by atoms with E-state index in [-0.39, 0.29) is 0 Å². The minimum atomic E-state index is -0.672. The topological polar surface area (TPSA) is 37.3 Å². The molecular weight excluding hydrogens is 248 g/mol. The third-order valence-electron chi connectivity index (χ3n) is 3.37. The van der Waals surface area contributed by atoms with Crippen LogP contribution in [0, 0.1) is 0 Å². The van der Waals surface area contributed by atoms with Gasteiger partial charge in [-0.15, -0.1) is 0 Å². The van der Waals surface area contributed by atoms with Gasteiger partial charge in [0.2, 0.25) is 0 Å². The van der Waals surface area contributed by atoms with Gasteiger partial charge < -0.3 is 5.11 Å². The minimum Gasteiger partial charge on any atom is -0.481 e. The van der Waals surface area contributed by atoms with Crippen molar-refractivity contribution in [2.75, 3.05) is 0 Å². The minimum absolute atomic E-state index is 0.322. The van der Waals surface area contributed by atoms with Crippen LogP contribution in [0.4, 0.5) is 0 Å². The van der Waals surface area contributed by atoms with Crippen molar-refractivity contribution in [3.8, 4) is 0 Å². The molecule has 2 heteroatoms. The molecule has 0 amide bonds. The maximum Gasteiger partial charge on any atom is 0.303 e. The lowest BCUT2D eigenvalue weighted by molar-refractivity contribution is -0.137. The normalized spacial score (nSPS) is 11.7. The van der Waals surface area contributed by atoms with Crippen molar-refractivity contribution in [2.24, 2.45) is 0 Å². The van der Waals surface area contributed by atoms with Gasteiger partial charge in [0, 0.05) is 6.42 Å². The number of hydrogen-bond donors (Lipinski definition) is 1. The van der Waals surface area contributed by atoms with Crippen molar-refractivity contribution >= 4 is 5.97 Å². The molecule has 0 bridgehead atoms. The third-order valence-corrected chi connectivity index (χ3v) is 3.37. The van der Waals surface area contributed by atoms with Crippen molar-refractivity contribution in [1.29, 1.82) is 0 Å². The lowest BCUT2D eigenvalue weighted by Crippen LogP contribution is -1.93. The molecule has 0 aromatic heterocycles. The molecule has 0 aromatic carbocycles. The molecule has 0 aromatic rings. The number of aliphatic carboxylic acids is 1. The van der Waals surface area contributed by atoms with Crippen molar-refractivity contribution in [3.63, 3.8) is 0 Å². The summed E-state index contributed by atoms with van der Waals surface area (Å²) in [6.45, 7) is 2.24. The third kappa shape index (κ3) is 16.9. The summed E-state index contributed by atoms with van der Waals surface area (Å²) in [6.07, 6.45) is 22.3. The van der Waals surface area contributed by atoms with Crippen molar-refractivity contribution < 1.29 is 9.90 Å². The Labute approximate surface area is 125 Å². The number of carbonyl (C=O) groups is 1. The van der Waals surface area contributed by atoms with Gasteiger partial charge in [0.05, 0.1) is 0 Å². The van der Waals surface area contributed by atoms with Gasteiger partial charge in [-0.1, -0.05) is 69.8 Å². The van der Waals surface area contributed by atoms with Gasteiger partial charge in [-0.2, -0.15) is 0 Å². The molecule has 0 saturated heterocycles. The highest BCUT2D eigenvalue weighted by molar-refractivity contribution is 5.66. The molecule has 1 N–H and O–H groups in total. The van der Waals surface area contributed by atoms with E-state index in [0.29, 0.717) is 6.42 Å². The highest BCUT2D eigenvalue weighted by Gasteiger charge is 1.95. The van der Waals surface area contributed by atoms with E-state index in [1.54, 1.807) is 0 Å². The molecule has 20 heavy (non-hydrogen) atoms. The van der Waals surface area contributed by atoms with Gasteiger partial charge in [-0.05, 0) is 32.1 Å². The average Bonchev–Trinajstić information content (AvgIpc) is 2.43. The summed E-state index contributed by atoms with van der Waals surface area (Å²) in [5, 5.41) is 8.50. The Balaban J connectivity index is 3.19. The van der Waals surface area contributed by atoms with E-state index in [4.69, 9.17) is 5.11 Å². The number of unbranched alkanes of at least 4 members (excludes halogenated alkanes) is 9. The summed E-state index contributed by atoms with van der Waals surface area (Å²) in [7, 11) is 0. The Hall–Kier alpha value is -1.05. The monoisotopic (exact) mass is 280 g/mol. The molecule has 0 aliphatic carbocycles. The van der Waals surface area contributed by atoms with Crippen LogP contribution >= 0.6 is 0 Å². The molecule has 0 spiro atoms. The fraction of sp³-hybridized carbons (Fsp3) is 0.722. The second kappa shape index (κ2) is 16.0. The van der Waals surface area contributed by atoms with E-state index in [9.17, 15) is 4.79 Å². The number of rotatable bonds is 14. The van der Waals surface area contributed by atoms with Crippen molar-refractivity contribution in [3.05, 3.63) is 24.3 Å². The van der Waals surface area contributed by atoms with Gasteiger partial charge in [0.25, 0.3) is 0 Å². The van der Waals surface area contributed by atoms with Crippen LogP contribution in [0.15, 0.2) is 24.3 Å². The van der Waals surface area contributed by atoms with E-state index < -0.39 is 5.97 Å². The quantitative estimate of drug-likeness (QED) is 0.318. The predicted molar refractivity (Wildman–Crippen MR) is 87.0 cm³/mol. The van der Waals surface area contributed by atoms with E-state index in [2.05, 4.69) is 31.2 Å². The Morgan fingerprint density at radius 3 is 1.85 bits per heavy atom. The fourth-order valence-electron chi connectivity index (χ4n) is 2.11. The van der Waals surface area contributed by atoms with Crippen LogP contribution in [0.5, 0.6) is 0 Å². The highest BCUT2D eigenvalue weighted by Crippen LogP contribution is 2.07. The second-order valence-corrected chi connectivity index (χ2v) is 5.41. The Bertz CT molecular complexity index is 267. The average molecular weight is 280 g/mol. The number of hydrogen-bond acceptors (Lipinski definition) is 1. The smallest absolute Gasteiger partial charge is 0.303 e. The van der Waals surface area contributed by atoms with Gasteiger partial charge in [0.15, 0.2) is 0 Å². The number of carboxylic acid groups (broad SMARTS) is 1. The molecular formula is C18H32O2. The number of carboxylic acids is 1. The Kier molecular flexibility index (Phi) is 15.2. The zero-order valence-corrected chi connectivity index (χ0v) is 13.2. The molecule has 0 saturated carbocycles.